The largest absolute Gasteiger partial charge is 0.298 e. The van der Waals surface area contributed by atoms with Crippen LogP contribution >= 0.6 is 34.3 Å². The molecule has 2 aromatic rings. The predicted octanol–water partition coefficient (Wildman–Crippen LogP) is 4.27. The first-order valence-electron chi connectivity index (χ1n) is 7.11. The van der Waals surface area contributed by atoms with Crippen LogP contribution in [-0.2, 0) is 13.0 Å². The topological polar surface area (TPSA) is 45.2 Å². The fourth-order valence-electron chi connectivity index (χ4n) is 2.43. The van der Waals surface area contributed by atoms with Crippen LogP contribution in [0.5, 0.6) is 0 Å². The highest BCUT2D eigenvalue weighted by atomic mass is 35.5. The predicted molar refractivity (Wildman–Crippen MR) is 93.3 cm³/mol. The molecule has 22 heavy (non-hydrogen) atoms. The van der Waals surface area contributed by atoms with E-state index in [2.05, 4.69) is 36.0 Å². The molecule has 1 aliphatic heterocycles. The molecule has 0 fully saturated rings. The second-order valence-corrected chi connectivity index (χ2v) is 8.55. The second kappa shape index (κ2) is 5.92. The molecule has 1 N–H and O–H groups in total. The highest BCUT2D eigenvalue weighted by molar-refractivity contribution is 7.16. The molecular weight excluding hydrogens is 338 g/mol. The van der Waals surface area contributed by atoms with Gasteiger partial charge < -0.3 is 0 Å². The van der Waals surface area contributed by atoms with E-state index in [0.717, 1.165) is 25.2 Å². The van der Waals surface area contributed by atoms with Gasteiger partial charge in [0.05, 0.1) is 16.3 Å². The molecule has 118 valence electrons. The van der Waals surface area contributed by atoms with Crippen molar-refractivity contribution in [2.45, 2.75) is 39.3 Å². The number of nitrogens with one attached hydrogen (secondary N) is 1. The van der Waals surface area contributed by atoms with Crippen LogP contribution in [0.2, 0.25) is 5.02 Å². The number of thiophene rings is 1. The molecule has 0 unspecified atom stereocenters. The summed E-state index contributed by atoms with van der Waals surface area (Å²) in [5.41, 5.74) is 1.77. The third kappa shape index (κ3) is 3.20. The molecule has 0 radical (unpaired) electrons. The molecule has 0 atom stereocenters. The van der Waals surface area contributed by atoms with Crippen molar-refractivity contribution in [1.29, 1.82) is 0 Å². The molecule has 3 heterocycles. The van der Waals surface area contributed by atoms with E-state index in [0.29, 0.717) is 15.7 Å². The Balaban J connectivity index is 1.75. The fraction of sp³-hybridized carbons (Fsp3) is 0.467. The minimum Gasteiger partial charge on any atom is -0.298 e. The monoisotopic (exact) mass is 355 g/mol. The zero-order valence-corrected chi connectivity index (χ0v) is 15.2. The molecule has 3 rings (SSSR count). The second-order valence-electron chi connectivity index (χ2n) is 6.32. The fourth-order valence-corrected chi connectivity index (χ4v) is 4.49. The molecular formula is C15H18ClN3OS2. The summed E-state index contributed by atoms with van der Waals surface area (Å²) in [6.07, 6.45) is 0.929. The SMILES string of the molecule is CC(C)(C)N1CCc2nc(NC(=O)c3cscc3Cl)sc2C1. The van der Waals surface area contributed by atoms with Gasteiger partial charge in [0.25, 0.3) is 5.91 Å². The first-order valence-corrected chi connectivity index (χ1v) is 9.25. The number of anilines is 1. The van der Waals surface area contributed by atoms with Crippen LogP contribution < -0.4 is 5.32 Å². The summed E-state index contributed by atoms with van der Waals surface area (Å²) in [5, 5.41) is 7.53. The van der Waals surface area contributed by atoms with Crippen molar-refractivity contribution in [3.05, 3.63) is 31.9 Å². The summed E-state index contributed by atoms with van der Waals surface area (Å²) in [7, 11) is 0. The van der Waals surface area contributed by atoms with E-state index < -0.39 is 0 Å². The highest BCUT2D eigenvalue weighted by Crippen LogP contribution is 2.32. The number of hydrogen-bond donors (Lipinski definition) is 1. The van der Waals surface area contributed by atoms with Gasteiger partial charge in [-0.15, -0.1) is 22.7 Å². The van der Waals surface area contributed by atoms with Crippen LogP contribution in [-0.4, -0.2) is 27.9 Å². The summed E-state index contributed by atoms with van der Waals surface area (Å²) >= 11 is 8.98. The van der Waals surface area contributed by atoms with E-state index in [-0.39, 0.29) is 11.4 Å². The third-order valence-electron chi connectivity index (χ3n) is 3.76. The van der Waals surface area contributed by atoms with E-state index in [1.54, 1.807) is 22.1 Å². The summed E-state index contributed by atoms with van der Waals surface area (Å²) in [5.74, 6) is -0.190. The average molecular weight is 356 g/mol. The van der Waals surface area contributed by atoms with E-state index in [1.807, 2.05) is 0 Å². The van der Waals surface area contributed by atoms with E-state index in [4.69, 9.17) is 11.6 Å². The van der Waals surface area contributed by atoms with Crippen molar-refractivity contribution in [3.63, 3.8) is 0 Å². The molecule has 1 amide bonds. The van der Waals surface area contributed by atoms with Gasteiger partial charge in [0.15, 0.2) is 5.13 Å². The van der Waals surface area contributed by atoms with Gasteiger partial charge >= 0.3 is 0 Å². The van der Waals surface area contributed by atoms with Crippen LogP contribution in [0.4, 0.5) is 5.13 Å². The summed E-state index contributed by atoms with van der Waals surface area (Å²) < 4.78 is 0. The summed E-state index contributed by atoms with van der Waals surface area (Å²) in [6, 6.07) is 0. The molecule has 0 spiro atoms. The summed E-state index contributed by atoms with van der Waals surface area (Å²) in [4.78, 5) is 20.4. The number of thiazole rings is 1. The molecule has 4 nitrogen and oxygen atoms in total. The number of carbonyl (C=O) groups is 1. The van der Waals surface area contributed by atoms with Crippen molar-refractivity contribution in [2.24, 2.45) is 0 Å². The Labute approximate surface area is 143 Å². The van der Waals surface area contributed by atoms with Crippen LogP contribution in [0.3, 0.4) is 0 Å². The van der Waals surface area contributed by atoms with Crippen molar-refractivity contribution in [2.75, 3.05) is 11.9 Å². The van der Waals surface area contributed by atoms with E-state index >= 15 is 0 Å². The normalized spacial score (nSPS) is 15.6. The molecule has 2 aromatic heterocycles. The smallest absolute Gasteiger partial charge is 0.259 e. The number of fused-ring (bicyclic) bond motifs is 1. The summed E-state index contributed by atoms with van der Waals surface area (Å²) in [6.45, 7) is 8.57. The lowest BCUT2D eigenvalue weighted by Gasteiger charge is -2.37. The van der Waals surface area contributed by atoms with Crippen LogP contribution in [0.25, 0.3) is 0 Å². The van der Waals surface area contributed by atoms with Gasteiger partial charge in [-0.3, -0.25) is 15.0 Å². The molecule has 0 aromatic carbocycles. The number of carbonyl (C=O) groups excluding carboxylic acids is 1. The molecule has 0 saturated carbocycles. The number of rotatable bonds is 2. The molecule has 1 aliphatic rings. The number of nitrogens with zero attached hydrogens (tertiary/aromatic N) is 2. The minimum atomic E-state index is -0.190. The van der Waals surface area contributed by atoms with Crippen LogP contribution in [0, 0.1) is 0 Å². The van der Waals surface area contributed by atoms with Crippen molar-refractivity contribution in [1.82, 2.24) is 9.88 Å². The standard InChI is InChI=1S/C15H18ClN3OS2/c1-15(2,3)19-5-4-11-12(6-19)22-14(17-11)18-13(20)9-7-21-8-10(9)16/h7-8H,4-6H2,1-3H3,(H,17,18,20). The quantitative estimate of drug-likeness (QED) is 0.875. The van der Waals surface area contributed by atoms with Crippen molar-refractivity contribution >= 4 is 45.3 Å². The maximum Gasteiger partial charge on any atom is 0.259 e. The number of aromatic nitrogens is 1. The van der Waals surface area contributed by atoms with Crippen molar-refractivity contribution < 1.29 is 4.79 Å². The lowest BCUT2D eigenvalue weighted by molar-refractivity contribution is 0.102. The Bertz CT molecular complexity index is 702. The maximum atomic E-state index is 12.2. The maximum absolute atomic E-state index is 12.2. The van der Waals surface area contributed by atoms with Crippen molar-refractivity contribution in [3.8, 4) is 0 Å². The number of amides is 1. The Morgan fingerprint density at radius 3 is 2.82 bits per heavy atom. The van der Waals surface area contributed by atoms with Gasteiger partial charge in [-0.05, 0) is 20.8 Å². The molecule has 7 heteroatoms. The number of halogens is 1. The van der Waals surface area contributed by atoms with Gasteiger partial charge in [-0.2, -0.15) is 0 Å². The zero-order valence-electron chi connectivity index (χ0n) is 12.8. The molecule has 0 bridgehead atoms. The van der Waals surface area contributed by atoms with Gasteiger partial charge in [0.1, 0.15) is 0 Å². The van der Waals surface area contributed by atoms with Gasteiger partial charge in [0, 0.05) is 40.7 Å². The van der Waals surface area contributed by atoms with E-state index in [1.165, 1.54) is 16.2 Å². The van der Waals surface area contributed by atoms with Crippen LogP contribution in [0.1, 0.15) is 41.7 Å². The lowest BCUT2D eigenvalue weighted by atomic mass is 10.0. The van der Waals surface area contributed by atoms with Crippen LogP contribution in [0.15, 0.2) is 10.8 Å². The van der Waals surface area contributed by atoms with Gasteiger partial charge in [0.2, 0.25) is 0 Å². The number of hydrogen-bond acceptors (Lipinski definition) is 5. The highest BCUT2D eigenvalue weighted by Gasteiger charge is 2.28. The first kappa shape index (κ1) is 15.9. The minimum absolute atomic E-state index is 0.148. The Kier molecular flexibility index (Phi) is 4.29. The lowest BCUT2D eigenvalue weighted by Crippen LogP contribution is -2.43. The molecule has 0 aliphatic carbocycles. The van der Waals surface area contributed by atoms with Gasteiger partial charge in [-0.1, -0.05) is 11.6 Å². The average Bonchev–Trinajstić information content (AvgIpc) is 3.01. The molecule has 0 saturated heterocycles. The zero-order chi connectivity index (χ0) is 15.9. The Morgan fingerprint density at radius 1 is 1.41 bits per heavy atom. The Morgan fingerprint density at radius 2 is 2.18 bits per heavy atom. The third-order valence-corrected chi connectivity index (χ3v) is 5.94. The first-order chi connectivity index (χ1) is 10.3. The van der Waals surface area contributed by atoms with E-state index in [9.17, 15) is 4.79 Å². The Hall–Kier alpha value is -0.950. The van der Waals surface area contributed by atoms with Gasteiger partial charge in [-0.25, -0.2) is 4.98 Å².